The molecule has 0 amide bonds. The highest BCUT2D eigenvalue weighted by Crippen LogP contribution is 2.83. The number of carbonyl (C=O) groups is 1. The van der Waals surface area contributed by atoms with Crippen molar-refractivity contribution in [2.45, 2.75) is 51.4 Å². The van der Waals surface area contributed by atoms with Crippen LogP contribution in [0.25, 0.3) is 0 Å². The Bertz CT molecular complexity index is 726. The van der Waals surface area contributed by atoms with Crippen molar-refractivity contribution in [1.29, 1.82) is 0 Å². The van der Waals surface area contributed by atoms with Gasteiger partial charge in [0.15, 0.2) is 0 Å². The van der Waals surface area contributed by atoms with Crippen molar-refractivity contribution >= 4 is 5.97 Å². The number of ether oxygens (including phenoxy) is 1. The van der Waals surface area contributed by atoms with Gasteiger partial charge < -0.3 is 9.84 Å². The lowest BCUT2D eigenvalue weighted by molar-refractivity contribution is -0.149. The van der Waals surface area contributed by atoms with E-state index in [-0.39, 0.29) is 11.3 Å². The monoisotopic (exact) mass is 326 g/mol. The lowest BCUT2D eigenvalue weighted by Crippen LogP contribution is -2.47. The number of rotatable bonds is 2. The Hall–Kier alpha value is -1.51. The smallest absolute Gasteiger partial charge is 0.307 e. The zero-order valence-electron chi connectivity index (χ0n) is 14.5. The highest BCUT2D eigenvalue weighted by molar-refractivity contribution is 5.73. The largest absolute Gasteiger partial charge is 0.497 e. The van der Waals surface area contributed by atoms with E-state index in [1.165, 1.54) is 24.0 Å². The first-order valence-electron chi connectivity index (χ1n) is 9.41. The molecule has 5 rings (SSSR count). The van der Waals surface area contributed by atoms with Crippen LogP contribution in [0, 0.1) is 28.6 Å². The van der Waals surface area contributed by atoms with E-state index in [1.54, 1.807) is 7.11 Å². The highest BCUT2D eigenvalue weighted by Gasteiger charge is 2.77. The summed E-state index contributed by atoms with van der Waals surface area (Å²) in [6, 6.07) is 6.60. The number of hydrogen-bond acceptors (Lipinski definition) is 2. The Morgan fingerprint density at radius 3 is 2.92 bits per heavy atom. The van der Waals surface area contributed by atoms with Gasteiger partial charge in [-0.1, -0.05) is 13.0 Å². The van der Waals surface area contributed by atoms with Crippen LogP contribution in [0.4, 0.5) is 0 Å². The maximum atomic E-state index is 11.8. The van der Waals surface area contributed by atoms with Gasteiger partial charge in [0.25, 0.3) is 0 Å². The number of benzene rings is 1. The Morgan fingerprint density at radius 1 is 1.33 bits per heavy atom. The molecule has 1 aromatic rings. The standard InChI is InChI=1S/C21H26O3/c1-20-8-7-16-15-5-4-14(24-2)9-12(15)3-6-17(16)21(20)11-13(21)10-18(20)19(22)23/h4-5,9,13,16-18H,3,6-8,10-11H2,1-2H3,(H,22,23)/t13-,16+,17+,18-,20+,21+/m0/s1. The number of fused-ring (bicyclic) bond motifs is 3. The van der Waals surface area contributed by atoms with E-state index in [0.29, 0.717) is 23.2 Å². The third kappa shape index (κ3) is 1.57. The molecule has 4 aliphatic rings. The number of carboxylic acids is 1. The van der Waals surface area contributed by atoms with E-state index < -0.39 is 5.97 Å². The minimum atomic E-state index is -0.552. The zero-order chi connectivity index (χ0) is 16.7. The Kier molecular flexibility index (Phi) is 2.81. The fourth-order valence-electron chi connectivity index (χ4n) is 7.31. The van der Waals surface area contributed by atoms with E-state index in [4.69, 9.17) is 4.74 Å². The second kappa shape index (κ2) is 4.56. The summed E-state index contributed by atoms with van der Waals surface area (Å²) in [7, 11) is 1.73. The average Bonchev–Trinajstić information content (AvgIpc) is 3.24. The number of aliphatic carboxylic acids is 1. The quantitative estimate of drug-likeness (QED) is 0.883. The molecule has 0 aromatic heterocycles. The van der Waals surface area contributed by atoms with E-state index in [1.807, 2.05) is 0 Å². The molecule has 0 unspecified atom stereocenters. The molecule has 0 radical (unpaired) electrons. The van der Waals surface area contributed by atoms with Gasteiger partial charge in [0.05, 0.1) is 13.0 Å². The van der Waals surface area contributed by atoms with Crippen LogP contribution in [0.3, 0.4) is 0 Å². The van der Waals surface area contributed by atoms with E-state index in [2.05, 4.69) is 25.1 Å². The third-order valence-corrected chi connectivity index (χ3v) is 8.40. The molecule has 1 N–H and O–H groups in total. The van der Waals surface area contributed by atoms with Gasteiger partial charge in [0, 0.05) is 0 Å². The molecule has 24 heavy (non-hydrogen) atoms. The van der Waals surface area contributed by atoms with Crippen LogP contribution >= 0.6 is 0 Å². The van der Waals surface area contributed by atoms with Crippen molar-refractivity contribution in [3.63, 3.8) is 0 Å². The second-order valence-electron chi connectivity index (χ2n) is 8.84. The molecule has 3 saturated carbocycles. The molecular formula is C21H26O3. The van der Waals surface area contributed by atoms with Crippen molar-refractivity contribution in [2.24, 2.45) is 28.6 Å². The summed E-state index contributed by atoms with van der Waals surface area (Å²) in [5, 5.41) is 9.75. The van der Waals surface area contributed by atoms with Gasteiger partial charge in [-0.2, -0.15) is 0 Å². The van der Waals surface area contributed by atoms with E-state index in [9.17, 15) is 9.90 Å². The Balaban J connectivity index is 1.55. The van der Waals surface area contributed by atoms with Crippen LogP contribution < -0.4 is 4.74 Å². The fourth-order valence-corrected chi connectivity index (χ4v) is 7.31. The molecule has 3 nitrogen and oxygen atoms in total. The molecule has 3 heteroatoms. The van der Waals surface area contributed by atoms with Gasteiger partial charge in [0.2, 0.25) is 0 Å². The lowest BCUT2D eigenvalue weighted by atomic mass is 9.51. The lowest BCUT2D eigenvalue weighted by Gasteiger charge is -2.53. The molecule has 0 saturated heterocycles. The SMILES string of the molecule is COc1ccc2c(c1)CC[C@@H]1[C@@H]2CC[C@]2(C)[C@H](C(=O)O)C[C@H]3C[C@@]312. The van der Waals surface area contributed by atoms with Crippen LogP contribution in [0.1, 0.15) is 56.1 Å². The van der Waals surface area contributed by atoms with Crippen LogP contribution in [-0.4, -0.2) is 18.2 Å². The Morgan fingerprint density at radius 2 is 2.17 bits per heavy atom. The van der Waals surface area contributed by atoms with Crippen LogP contribution in [0.5, 0.6) is 5.75 Å². The van der Waals surface area contributed by atoms with Gasteiger partial charge in [-0.3, -0.25) is 4.79 Å². The topological polar surface area (TPSA) is 46.5 Å². The van der Waals surface area contributed by atoms with Crippen LogP contribution in [0.15, 0.2) is 18.2 Å². The summed E-state index contributed by atoms with van der Waals surface area (Å²) in [5.41, 5.74) is 3.32. The van der Waals surface area contributed by atoms with Gasteiger partial charge >= 0.3 is 5.97 Å². The summed E-state index contributed by atoms with van der Waals surface area (Å²) in [6.45, 7) is 2.30. The van der Waals surface area contributed by atoms with Gasteiger partial charge in [0.1, 0.15) is 5.75 Å². The third-order valence-electron chi connectivity index (χ3n) is 8.40. The van der Waals surface area contributed by atoms with E-state index >= 15 is 0 Å². The summed E-state index contributed by atoms with van der Waals surface area (Å²) in [6.07, 6.45) is 6.77. The van der Waals surface area contributed by atoms with E-state index in [0.717, 1.165) is 31.4 Å². The minimum absolute atomic E-state index is 0.0225. The van der Waals surface area contributed by atoms with Crippen molar-refractivity contribution < 1.29 is 14.6 Å². The van der Waals surface area contributed by atoms with Crippen molar-refractivity contribution in [2.75, 3.05) is 7.11 Å². The van der Waals surface area contributed by atoms with Gasteiger partial charge in [-0.25, -0.2) is 0 Å². The molecule has 3 fully saturated rings. The molecule has 1 aromatic carbocycles. The van der Waals surface area contributed by atoms with Crippen LogP contribution in [0.2, 0.25) is 0 Å². The molecule has 128 valence electrons. The molecule has 4 aliphatic carbocycles. The highest BCUT2D eigenvalue weighted by atomic mass is 16.5. The summed E-state index contributed by atoms with van der Waals surface area (Å²) >= 11 is 0. The molecular weight excluding hydrogens is 300 g/mol. The molecule has 1 spiro atoms. The predicted octanol–water partition coefficient (Wildman–Crippen LogP) is 4.25. The molecule has 0 aliphatic heterocycles. The summed E-state index contributed by atoms with van der Waals surface area (Å²) in [4.78, 5) is 11.8. The Labute approximate surface area is 143 Å². The van der Waals surface area contributed by atoms with Gasteiger partial charge in [-0.05, 0) is 90.4 Å². The molecule has 6 atom stereocenters. The summed E-state index contributed by atoms with van der Waals surface area (Å²) < 4.78 is 5.40. The first-order valence-corrected chi connectivity index (χ1v) is 9.41. The predicted molar refractivity (Wildman–Crippen MR) is 91.2 cm³/mol. The summed E-state index contributed by atoms with van der Waals surface area (Å²) in [5.74, 6) is 2.27. The van der Waals surface area contributed by atoms with Crippen molar-refractivity contribution in [3.8, 4) is 5.75 Å². The second-order valence-corrected chi connectivity index (χ2v) is 8.84. The maximum absolute atomic E-state index is 11.8. The number of carboxylic acid groups (broad SMARTS) is 1. The fraction of sp³-hybridized carbons (Fsp3) is 0.667. The first-order chi connectivity index (χ1) is 11.5. The molecule has 0 bridgehead atoms. The minimum Gasteiger partial charge on any atom is -0.497 e. The number of hydrogen-bond donors (Lipinski definition) is 1. The first kappa shape index (κ1) is 14.8. The van der Waals surface area contributed by atoms with Crippen molar-refractivity contribution in [1.82, 2.24) is 0 Å². The number of methoxy groups -OCH3 is 1. The normalized spacial score (nSPS) is 44.8. The van der Waals surface area contributed by atoms with Crippen LogP contribution in [-0.2, 0) is 11.2 Å². The molecule has 0 heterocycles. The average molecular weight is 326 g/mol. The number of aryl methyl sites for hydroxylation is 1. The zero-order valence-corrected chi connectivity index (χ0v) is 14.5. The maximum Gasteiger partial charge on any atom is 0.307 e. The van der Waals surface area contributed by atoms with Gasteiger partial charge in [-0.15, -0.1) is 0 Å². The van der Waals surface area contributed by atoms with Crippen molar-refractivity contribution in [3.05, 3.63) is 29.3 Å².